The van der Waals surface area contributed by atoms with Crippen LogP contribution in [0.4, 0.5) is 4.39 Å². The molecule has 1 aromatic carbocycles. The summed E-state index contributed by atoms with van der Waals surface area (Å²) in [6.45, 7) is 2.64. The summed E-state index contributed by atoms with van der Waals surface area (Å²) in [6.07, 6.45) is 0. The minimum absolute atomic E-state index is 0.0820. The molecule has 1 atom stereocenters. The van der Waals surface area contributed by atoms with Gasteiger partial charge in [-0.1, -0.05) is 29.1 Å². The smallest absolute Gasteiger partial charge is 0.148 e. The molecule has 1 unspecified atom stereocenters. The molecule has 96 valence electrons. The highest BCUT2D eigenvalue weighted by Crippen LogP contribution is 2.32. The van der Waals surface area contributed by atoms with E-state index in [0.717, 1.165) is 0 Å². The molecule has 0 radical (unpaired) electrons. The minimum atomic E-state index is -0.440. The molecule has 0 saturated heterocycles. The van der Waals surface area contributed by atoms with Crippen LogP contribution < -0.4 is 5.32 Å². The average Bonchev–Trinajstić information content (AvgIpc) is 2.88. The Balaban J connectivity index is 2.47. The summed E-state index contributed by atoms with van der Waals surface area (Å²) in [5.41, 5.74) is 1.16. The molecular formula is C11H10BrClFN3S. The van der Waals surface area contributed by atoms with Crippen molar-refractivity contribution >= 4 is 39.1 Å². The maximum atomic E-state index is 14.2. The third kappa shape index (κ3) is 2.71. The van der Waals surface area contributed by atoms with Crippen LogP contribution in [0.5, 0.6) is 0 Å². The number of benzene rings is 1. The van der Waals surface area contributed by atoms with Gasteiger partial charge in [-0.05, 0) is 40.1 Å². The van der Waals surface area contributed by atoms with Crippen molar-refractivity contribution < 1.29 is 4.39 Å². The van der Waals surface area contributed by atoms with Crippen LogP contribution in [0.3, 0.4) is 0 Å². The Hall–Kier alpha value is -0.560. The van der Waals surface area contributed by atoms with Crippen molar-refractivity contribution in [2.24, 2.45) is 0 Å². The van der Waals surface area contributed by atoms with Crippen molar-refractivity contribution in [1.82, 2.24) is 14.9 Å². The van der Waals surface area contributed by atoms with Crippen LogP contribution in [0.1, 0.15) is 24.2 Å². The van der Waals surface area contributed by atoms with Gasteiger partial charge in [-0.2, -0.15) is 0 Å². The molecule has 1 aromatic heterocycles. The van der Waals surface area contributed by atoms with Gasteiger partial charge >= 0.3 is 0 Å². The zero-order valence-electron chi connectivity index (χ0n) is 9.45. The molecule has 2 rings (SSSR count). The molecule has 1 heterocycles. The van der Waals surface area contributed by atoms with Crippen molar-refractivity contribution in [3.63, 3.8) is 0 Å². The molecular weight excluding hydrogens is 341 g/mol. The van der Waals surface area contributed by atoms with Gasteiger partial charge in [0.05, 0.1) is 16.8 Å². The maximum absolute atomic E-state index is 14.2. The molecule has 0 aliphatic heterocycles. The lowest BCUT2D eigenvalue weighted by molar-refractivity contribution is 0.551. The molecule has 0 aliphatic rings. The molecule has 0 spiro atoms. The van der Waals surface area contributed by atoms with E-state index in [1.165, 1.54) is 11.5 Å². The number of aromatic nitrogens is 2. The Bertz CT molecular complexity index is 535. The molecule has 0 fully saturated rings. The Morgan fingerprint density at radius 3 is 2.94 bits per heavy atom. The Morgan fingerprint density at radius 1 is 1.56 bits per heavy atom. The van der Waals surface area contributed by atoms with E-state index in [-0.39, 0.29) is 11.1 Å². The highest BCUT2D eigenvalue weighted by molar-refractivity contribution is 9.10. The second-order valence-electron chi connectivity index (χ2n) is 3.59. The summed E-state index contributed by atoms with van der Waals surface area (Å²) in [4.78, 5) is 0. The fourth-order valence-electron chi connectivity index (χ4n) is 1.64. The van der Waals surface area contributed by atoms with Gasteiger partial charge < -0.3 is 5.32 Å². The van der Waals surface area contributed by atoms with Gasteiger partial charge in [-0.25, -0.2) is 4.39 Å². The van der Waals surface area contributed by atoms with Gasteiger partial charge in [0.1, 0.15) is 5.82 Å². The van der Waals surface area contributed by atoms with E-state index >= 15 is 0 Å². The average molecular weight is 351 g/mol. The molecule has 7 heteroatoms. The fourth-order valence-corrected chi connectivity index (χ4v) is 2.60. The lowest BCUT2D eigenvalue weighted by Gasteiger charge is -2.17. The summed E-state index contributed by atoms with van der Waals surface area (Å²) in [5.74, 6) is -0.440. The molecule has 18 heavy (non-hydrogen) atoms. The van der Waals surface area contributed by atoms with Gasteiger partial charge in [0.2, 0.25) is 0 Å². The summed E-state index contributed by atoms with van der Waals surface area (Å²) >= 11 is 10.3. The Morgan fingerprint density at radius 2 is 2.33 bits per heavy atom. The molecule has 1 N–H and O–H groups in total. The summed E-state index contributed by atoms with van der Waals surface area (Å²) in [6, 6.07) is 3.09. The van der Waals surface area contributed by atoms with Crippen molar-refractivity contribution in [3.8, 4) is 0 Å². The normalized spacial score (nSPS) is 12.7. The summed E-state index contributed by atoms with van der Waals surface area (Å²) in [5, 5.41) is 9.04. The lowest BCUT2D eigenvalue weighted by Crippen LogP contribution is -2.23. The number of nitrogens with zero attached hydrogens (tertiary/aromatic N) is 2. The van der Waals surface area contributed by atoms with Crippen molar-refractivity contribution in [1.29, 1.82) is 0 Å². The van der Waals surface area contributed by atoms with Crippen molar-refractivity contribution in [2.45, 2.75) is 13.0 Å². The third-order valence-corrected chi connectivity index (χ3v) is 4.24. The van der Waals surface area contributed by atoms with Gasteiger partial charge in [-0.3, -0.25) is 0 Å². The van der Waals surface area contributed by atoms with Gasteiger partial charge in [-0.15, -0.1) is 5.10 Å². The minimum Gasteiger partial charge on any atom is -0.305 e. The first-order valence-electron chi connectivity index (χ1n) is 5.28. The summed E-state index contributed by atoms with van der Waals surface area (Å²) < 4.78 is 18.5. The van der Waals surface area contributed by atoms with E-state index in [0.29, 0.717) is 22.3 Å². The van der Waals surface area contributed by atoms with E-state index in [2.05, 4.69) is 30.8 Å². The number of hydrogen-bond donors (Lipinski definition) is 1. The number of hydrogen-bond acceptors (Lipinski definition) is 4. The van der Waals surface area contributed by atoms with Crippen molar-refractivity contribution in [2.75, 3.05) is 6.54 Å². The van der Waals surface area contributed by atoms with E-state index in [9.17, 15) is 4.39 Å². The van der Waals surface area contributed by atoms with Crippen LogP contribution in [0, 0.1) is 5.82 Å². The van der Waals surface area contributed by atoms with E-state index in [1.54, 1.807) is 17.5 Å². The largest absolute Gasteiger partial charge is 0.305 e. The zero-order chi connectivity index (χ0) is 13.1. The fraction of sp³-hybridized carbons (Fsp3) is 0.273. The van der Waals surface area contributed by atoms with Crippen LogP contribution >= 0.6 is 39.1 Å². The summed E-state index contributed by atoms with van der Waals surface area (Å²) in [7, 11) is 0. The van der Waals surface area contributed by atoms with Crippen LogP contribution in [0.25, 0.3) is 0 Å². The lowest BCUT2D eigenvalue weighted by atomic mass is 10.0. The quantitative estimate of drug-likeness (QED) is 0.853. The van der Waals surface area contributed by atoms with Gasteiger partial charge in [0.25, 0.3) is 0 Å². The van der Waals surface area contributed by atoms with E-state index in [4.69, 9.17) is 11.6 Å². The topological polar surface area (TPSA) is 37.8 Å². The number of halogens is 3. The number of rotatable bonds is 4. The molecule has 3 nitrogen and oxygen atoms in total. The molecule has 0 amide bonds. The molecule has 0 saturated carbocycles. The second-order valence-corrected chi connectivity index (χ2v) is 5.43. The van der Waals surface area contributed by atoms with E-state index in [1.807, 2.05) is 6.92 Å². The molecule has 2 aromatic rings. The van der Waals surface area contributed by atoms with Crippen LogP contribution in [0.2, 0.25) is 5.02 Å². The molecule has 0 bridgehead atoms. The first-order valence-corrected chi connectivity index (χ1v) is 7.29. The monoisotopic (exact) mass is 349 g/mol. The molecule has 0 aliphatic carbocycles. The van der Waals surface area contributed by atoms with Gasteiger partial charge in [0.15, 0.2) is 0 Å². The Labute approximate surface area is 122 Å². The Kier molecular flexibility index (Phi) is 4.66. The highest BCUT2D eigenvalue weighted by Gasteiger charge is 2.21. The van der Waals surface area contributed by atoms with Crippen LogP contribution in [-0.2, 0) is 0 Å². The predicted molar refractivity (Wildman–Crippen MR) is 74.5 cm³/mol. The van der Waals surface area contributed by atoms with Crippen LogP contribution in [-0.4, -0.2) is 16.1 Å². The third-order valence-electron chi connectivity index (χ3n) is 2.46. The predicted octanol–water partition coefficient (Wildman–Crippen LogP) is 3.79. The van der Waals surface area contributed by atoms with Crippen LogP contribution in [0.15, 0.2) is 22.0 Å². The SMILES string of the molecule is CCNC(c1csnn1)c1ccc(Br)c(Cl)c1F. The van der Waals surface area contributed by atoms with Gasteiger partial charge in [0, 0.05) is 15.4 Å². The van der Waals surface area contributed by atoms with Crippen molar-refractivity contribution in [3.05, 3.63) is 44.1 Å². The second kappa shape index (κ2) is 6.06. The highest BCUT2D eigenvalue weighted by atomic mass is 79.9. The number of nitrogens with one attached hydrogen (secondary N) is 1. The standard InChI is InChI=1S/C11H10BrClFN3S/c1-2-15-11(8-5-18-17-16-8)6-3-4-7(12)9(13)10(6)14/h3-5,11,15H,2H2,1H3. The zero-order valence-corrected chi connectivity index (χ0v) is 12.6. The first-order chi connectivity index (χ1) is 8.65. The van der Waals surface area contributed by atoms with E-state index < -0.39 is 5.82 Å². The first kappa shape index (κ1) is 13.9. The maximum Gasteiger partial charge on any atom is 0.148 e.